The van der Waals surface area contributed by atoms with Gasteiger partial charge in [0.1, 0.15) is 30.1 Å². The molecule has 4 heterocycles. The summed E-state index contributed by atoms with van der Waals surface area (Å²) in [6.07, 6.45) is 9.46. The second-order valence-corrected chi connectivity index (χ2v) is 12.7. The van der Waals surface area contributed by atoms with Crippen molar-refractivity contribution in [1.82, 2.24) is 19.5 Å². The summed E-state index contributed by atoms with van der Waals surface area (Å²) < 4.78 is 34.5. The van der Waals surface area contributed by atoms with Crippen LogP contribution in [-0.2, 0) is 34.6 Å². The van der Waals surface area contributed by atoms with Gasteiger partial charge in [0.25, 0.3) is 0 Å². The molecule has 0 unspecified atom stereocenters. The van der Waals surface area contributed by atoms with E-state index in [-0.39, 0.29) is 11.9 Å². The Kier molecular flexibility index (Phi) is 8.50. The minimum Gasteiger partial charge on any atom is -0.491 e. The van der Waals surface area contributed by atoms with Crippen molar-refractivity contribution >= 4 is 11.5 Å². The Morgan fingerprint density at radius 1 is 0.854 bits per heavy atom. The molecule has 9 nitrogen and oxygen atoms in total. The number of imidazole rings is 1. The van der Waals surface area contributed by atoms with Gasteiger partial charge in [0, 0.05) is 66.6 Å². The van der Waals surface area contributed by atoms with E-state index in [0.29, 0.717) is 19.8 Å². The Morgan fingerprint density at radius 2 is 1.62 bits per heavy atom. The van der Waals surface area contributed by atoms with Gasteiger partial charge in [-0.3, -0.25) is 0 Å². The van der Waals surface area contributed by atoms with Crippen molar-refractivity contribution in [2.24, 2.45) is 0 Å². The lowest BCUT2D eigenvalue weighted by Gasteiger charge is -2.38. The molecule has 0 radical (unpaired) electrons. The number of nitrogens with zero attached hydrogens (tertiary/aromatic N) is 6. The van der Waals surface area contributed by atoms with E-state index >= 15 is 0 Å². The average Bonchev–Trinajstić information content (AvgIpc) is 3.82. The van der Waals surface area contributed by atoms with Crippen LogP contribution < -0.4 is 14.5 Å². The highest BCUT2D eigenvalue weighted by atomic mass is 19.1. The minimum absolute atomic E-state index is 0.290. The van der Waals surface area contributed by atoms with Crippen molar-refractivity contribution in [3.05, 3.63) is 120 Å². The number of aromatic nitrogens is 4. The molecule has 2 aliphatic heterocycles. The molecule has 10 heteroatoms. The highest BCUT2D eigenvalue weighted by Gasteiger charge is 2.44. The van der Waals surface area contributed by atoms with Gasteiger partial charge in [0.2, 0.25) is 5.79 Å². The Balaban J connectivity index is 0.892. The predicted octanol–water partition coefficient (Wildman–Crippen LogP) is 6.03. The molecule has 2 atom stereocenters. The number of ether oxygens (including phenoxy) is 3. The van der Waals surface area contributed by atoms with Gasteiger partial charge in [-0.2, -0.15) is 0 Å². The van der Waals surface area contributed by atoms with E-state index in [2.05, 4.69) is 51.2 Å². The van der Waals surface area contributed by atoms with Crippen molar-refractivity contribution < 1.29 is 18.6 Å². The third-order valence-corrected chi connectivity index (χ3v) is 9.50. The SMILES string of the molecule is Fc1ccc([C@]2(Cn3ccnc3)OC[C@@H](COc3ccc(N4CCN(c5nc(-c6ccccc6)nc6c5CCCC6)CC4)cc3)O2)cc1. The van der Waals surface area contributed by atoms with Crippen molar-refractivity contribution in [3.63, 3.8) is 0 Å². The molecule has 1 aliphatic carbocycles. The molecule has 0 saturated carbocycles. The largest absolute Gasteiger partial charge is 0.491 e. The molecule has 0 amide bonds. The summed E-state index contributed by atoms with van der Waals surface area (Å²) in [6, 6.07) is 24.9. The van der Waals surface area contributed by atoms with Crippen LogP contribution in [0.1, 0.15) is 29.7 Å². The number of anilines is 2. The number of fused-ring (bicyclic) bond motifs is 1. The zero-order valence-electron chi connectivity index (χ0n) is 26.9. The first-order valence-corrected chi connectivity index (χ1v) is 16.8. The van der Waals surface area contributed by atoms with Crippen LogP contribution in [0.3, 0.4) is 0 Å². The fourth-order valence-corrected chi connectivity index (χ4v) is 6.97. The predicted molar refractivity (Wildman–Crippen MR) is 182 cm³/mol. The smallest absolute Gasteiger partial charge is 0.214 e. The van der Waals surface area contributed by atoms with Gasteiger partial charge in [0.05, 0.1) is 19.5 Å². The number of hydrogen-bond acceptors (Lipinski definition) is 8. The van der Waals surface area contributed by atoms with E-state index in [1.165, 1.54) is 41.9 Å². The highest BCUT2D eigenvalue weighted by Crippen LogP contribution is 2.37. The van der Waals surface area contributed by atoms with Crippen molar-refractivity contribution in [2.45, 2.75) is 44.1 Å². The van der Waals surface area contributed by atoms with Crippen LogP contribution in [0.4, 0.5) is 15.9 Å². The molecule has 246 valence electrons. The molecule has 2 aromatic heterocycles. The van der Waals surface area contributed by atoms with E-state index in [1.807, 2.05) is 29.0 Å². The lowest BCUT2D eigenvalue weighted by Crippen LogP contribution is -2.47. The maximum atomic E-state index is 13.7. The summed E-state index contributed by atoms with van der Waals surface area (Å²) >= 11 is 0. The second-order valence-electron chi connectivity index (χ2n) is 12.7. The van der Waals surface area contributed by atoms with Crippen LogP contribution >= 0.6 is 0 Å². The Bertz CT molecular complexity index is 1810. The first kappa shape index (κ1) is 30.5. The Morgan fingerprint density at radius 3 is 2.40 bits per heavy atom. The van der Waals surface area contributed by atoms with Crippen LogP contribution in [0.25, 0.3) is 11.4 Å². The van der Waals surface area contributed by atoms with Crippen LogP contribution in [0.2, 0.25) is 0 Å². The number of benzene rings is 3. The molecule has 3 aromatic carbocycles. The number of hydrogen-bond donors (Lipinski definition) is 0. The summed E-state index contributed by atoms with van der Waals surface area (Å²) in [5, 5.41) is 0. The molecule has 2 fully saturated rings. The van der Waals surface area contributed by atoms with Gasteiger partial charge >= 0.3 is 0 Å². The monoisotopic (exact) mass is 646 g/mol. The standard InChI is InChI=1S/C38H39FN6O3/c39-30-12-10-29(11-13-30)38(26-43-19-18-40-27-43)47-25-33(48-38)24-46-32-16-14-31(15-17-32)44-20-22-45(23-21-44)37-34-8-4-5-9-35(34)41-36(42-37)28-6-2-1-3-7-28/h1-3,6-7,10-19,27,33H,4-5,8-9,20-26H2/t33-,38-/m1/s1. The van der Waals surface area contributed by atoms with Gasteiger partial charge < -0.3 is 28.6 Å². The van der Waals surface area contributed by atoms with Crippen LogP contribution in [0.5, 0.6) is 5.75 Å². The number of halogens is 1. The van der Waals surface area contributed by atoms with Crippen molar-refractivity contribution in [3.8, 4) is 17.1 Å². The van der Waals surface area contributed by atoms with Gasteiger partial charge in [-0.25, -0.2) is 19.3 Å². The normalized spacial score (nSPS) is 20.9. The van der Waals surface area contributed by atoms with Gasteiger partial charge in [0.15, 0.2) is 5.82 Å². The topological polar surface area (TPSA) is 77.8 Å². The maximum Gasteiger partial charge on any atom is 0.214 e. The maximum absolute atomic E-state index is 13.7. The molecule has 0 spiro atoms. The first-order chi connectivity index (χ1) is 23.6. The van der Waals surface area contributed by atoms with E-state index in [0.717, 1.165) is 67.5 Å². The molecule has 0 bridgehead atoms. The fraction of sp³-hybridized carbons (Fsp3) is 0.342. The number of piperazine rings is 1. The van der Waals surface area contributed by atoms with E-state index in [9.17, 15) is 4.39 Å². The summed E-state index contributed by atoms with van der Waals surface area (Å²) in [5.74, 6) is 1.37. The van der Waals surface area contributed by atoms with E-state index in [1.54, 1.807) is 24.7 Å². The average molecular weight is 647 g/mol. The molecule has 8 rings (SSSR count). The minimum atomic E-state index is -1.05. The van der Waals surface area contributed by atoms with Crippen molar-refractivity contribution in [1.29, 1.82) is 0 Å². The van der Waals surface area contributed by atoms with E-state index < -0.39 is 5.79 Å². The zero-order chi connectivity index (χ0) is 32.3. The van der Waals surface area contributed by atoms with Crippen LogP contribution in [0.15, 0.2) is 97.6 Å². The summed E-state index contributed by atoms with van der Waals surface area (Å²) in [6.45, 7) is 4.72. The van der Waals surface area contributed by atoms with Gasteiger partial charge in [-0.05, 0) is 62.1 Å². The highest BCUT2D eigenvalue weighted by molar-refractivity contribution is 5.62. The van der Waals surface area contributed by atoms with Crippen molar-refractivity contribution in [2.75, 3.05) is 49.2 Å². The van der Waals surface area contributed by atoms with Gasteiger partial charge in [-0.1, -0.05) is 42.5 Å². The Hall–Kier alpha value is -4.80. The summed E-state index contributed by atoms with van der Waals surface area (Å²) in [4.78, 5) is 19.1. The molecule has 3 aliphatic rings. The third-order valence-electron chi connectivity index (χ3n) is 9.50. The second kappa shape index (κ2) is 13.4. The molecule has 2 saturated heterocycles. The third kappa shape index (κ3) is 6.37. The zero-order valence-corrected chi connectivity index (χ0v) is 26.9. The number of rotatable bonds is 9. The molecule has 5 aromatic rings. The quantitative estimate of drug-likeness (QED) is 0.192. The first-order valence-electron chi connectivity index (χ1n) is 16.8. The van der Waals surface area contributed by atoms with Gasteiger partial charge in [-0.15, -0.1) is 0 Å². The molecule has 48 heavy (non-hydrogen) atoms. The molecular formula is C38H39FN6O3. The lowest BCUT2D eigenvalue weighted by atomic mass is 9.95. The number of aryl methyl sites for hydroxylation is 1. The fourth-order valence-electron chi connectivity index (χ4n) is 6.97. The lowest BCUT2D eigenvalue weighted by molar-refractivity contribution is -0.189. The molecular weight excluding hydrogens is 607 g/mol. The van der Waals surface area contributed by atoms with E-state index in [4.69, 9.17) is 24.2 Å². The Labute approximate surface area is 279 Å². The summed E-state index contributed by atoms with van der Waals surface area (Å²) in [7, 11) is 0. The summed E-state index contributed by atoms with van der Waals surface area (Å²) in [5.41, 5.74) is 5.55. The van der Waals surface area contributed by atoms with Crippen LogP contribution in [0, 0.1) is 5.82 Å². The van der Waals surface area contributed by atoms with Crippen LogP contribution in [-0.4, -0.2) is 65.0 Å². The molecule has 0 N–H and O–H groups in total.